The van der Waals surface area contributed by atoms with E-state index in [9.17, 15) is 9.90 Å². The van der Waals surface area contributed by atoms with Crippen molar-refractivity contribution >= 4 is 17.5 Å². The Bertz CT molecular complexity index is 741. The van der Waals surface area contributed by atoms with Crippen molar-refractivity contribution in [3.8, 4) is 0 Å². The molecule has 1 aliphatic heterocycles. The molecule has 0 unspecified atom stereocenters. The SMILES string of the molecule is Cc1ccc(CC[C@@H](O)[C@H]2CNc3nc(N)[nH]c(=O)c3N2)cc1. The molecule has 0 spiro atoms. The molecule has 2 heterocycles. The summed E-state index contributed by atoms with van der Waals surface area (Å²) in [5.41, 5.74) is 7.91. The summed E-state index contributed by atoms with van der Waals surface area (Å²) in [6.45, 7) is 2.53. The van der Waals surface area contributed by atoms with Crippen LogP contribution in [0.3, 0.4) is 0 Å². The van der Waals surface area contributed by atoms with E-state index in [1.165, 1.54) is 11.1 Å². The zero-order chi connectivity index (χ0) is 16.4. The molecule has 1 aromatic heterocycles. The Morgan fingerprint density at radius 2 is 2.13 bits per heavy atom. The van der Waals surface area contributed by atoms with Crippen LogP contribution < -0.4 is 21.9 Å². The summed E-state index contributed by atoms with van der Waals surface area (Å²) in [4.78, 5) is 18.4. The van der Waals surface area contributed by atoms with E-state index in [2.05, 4.69) is 44.9 Å². The summed E-state index contributed by atoms with van der Waals surface area (Å²) < 4.78 is 0. The number of aliphatic hydroxyl groups excluding tert-OH is 1. The highest BCUT2D eigenvalue weighted by Gasteiger charge is 2.26. The van der Waals surface area contributed by atoms with Crippen molar-refractivity contribution < 1.29 is 5.11 Å². The van der Waals surface area contributed by atoms with Crippen molar-refractivity contribution in [1.82, 2.24) is 9.97 Å². The van der Waals surface area contributed by atoms with Crippen molar-refractivity contribution in [3.05, 3.63) is 45.7 Å². The Hall–Kier alpha value is -2.54. The molecule has 0 amide bonds. The quantitative estimate of drug-likeness (QED) is 0.571. The molecule has 6 N–H and O–H groups in total. The first-order valence-electron chi connectivity index (χ1n) is 7.67. The predicted octanol–water partition coefficient (Wildman–Crippen LogP) is 0.860. The van der Waals surface area contributed by atoms with E-state index in [0.29, 0.717) is 24.5 Å². The van der Waals surface area contributed by atoms with Crippen LogP contribution in [0.2, 0.25) is 0 Å². The Labute approximate surface area is 134 Å². The van der Waals surface area contributed by atoms with Gasteiger partial charge >= 0.3 is 0 Å². The third-order valence-electron chi connectivity index (χ3n) is 4.07. The highest BCUT2D eigenvalue weighted by Crippen LogP contribution is 2.22. The van der Waals surface area contributed by atoms with Crippen LogP contribution in [0.5, 0.6) is 0 Å². The second-order valence-corrected chi connectivity index (χ2v) is 5.90. The number of nitrogen functional groups attached to an aromatic ring is 1. The van der Waals surface area contributed by atoms with Crippen molar-refractivity contribution in [2.75, 3.05) is 22.9 Å². The zero-order valence-electron chi connectivity index (χ0n) is 13.0. The molecule has 0 saturated carbocycles. The van der Waals surface area contributed by atoms with Gasteiger partial charge in [0.25, 0.3) is 5.56 Å². The molecule has 0 fully saturated rings. The largest absolute Gasteiger partial charge is 0.391 e. The maximum Gasteiger partial charge on any atom is 0.277 e. The van der Waals surface area contributed by atoms with Gasteiger partial charge in [-0.3, -0.25) is 9.78 Å². The van der Waals surface area contributed by atoms with Crippen LogP contribution >= 0.6 is 0 Å². The number of aryl methyl sites for hydroxylation is 2. The van der Waals surface area contributed by atoms with Crippen LogP contribution in [-0.2, 0) is 6.42 Å². The minimum Gasteiger partial charge on any atom is -0.391 e. The molecule has 2 aromatic rings. The van der Waals surface area contributed by atoms with Crippen LogP contribution in [0.1, 0.15) is 17.5 Å². The average molecular weight is 315 g/mol. The maximum atomic E-state index is 11.9. The molecule has 122 valence electrons. The molecule has 1 aliphatic rings. The van der Waals surface area contributed by atoms with Crippen molar-refractivity contribution in [2.45, 2.75) is 31.9 Å². The topological polar surface area (TPSA) is 116 Å². The van der Waals surface area contributed by atoms with E-state index in [0.717, 1.165) is 6.42 Å². The number of fused-ring (bicyclic) bond motifs is 1. The molecule has 2 atom stereocenters. The first kappa shape index (κ1) is 15.4. The predicted molar refractivity (Wildman–Crippen MR) is 90.7 cm³/mol. The lowest BCUT2D eigenvalue weighted by atomic mass is 10.00. The second kappa shape index (κ2) is 6.29. The standard InChI is InChI=1S/C16H21N5O2/c1-9-2-4-10(5-3-9)6-7-12(22)11-8-18-14-13(19-11)15(23)21-16(17)20-14/h2-5,11-12,19,22H,6-8H2,1H3,(H4,17,18,20,21,23)/t11-,12-/m1/s1. The van der Waals surface area contributed by atoms with Crippen LogP contribution in [0.15, 0.2) is 29.1 Å². The third-order valence-corrected chi connectivity index (χ3v) is 4.07. The number of nitrogens with two attached hydrogens (primary N) is 1. The molecular formula is C16H21N5O2. The number of hydrogen-bond acceptors (Lipinski definition) is 6. The van der Waals surface area contributed by atoms with Gasteiger partial charge in [-0.1, -0.05) is 29.8 Å². The van der Waals surface area contributed by atoms with Crippen LogP contribution in [0, 0.1) is 6.92 Å². The first-order valence-corrected chi connectivity index (χ1v) is 7.67. The molecule has 0 saturated heterocycles. The lowest BCUT2D eigenvalue weighted by Gasteiger charge is -2.30. The maximum absolute atomic E-state index is 11.9. The number of benzene rings is 1. The fourth-order valence-corrected chi connectivity index (χ4v) is 2.70. The number of aromatic amines is 1. The Balaban J connectivity index is 1.63. The fraction of sp³-hybridized carbons (Fsp3) is 0.375. The van der Waals surface area contributed by atoms with E-state index in [-0.39, 0.29) is 17.5 Å². The highest BCUT2D eigenvalue weighted by atomic mass is 16.3. The third kappa shape index (κ3) is 3.45. The number of anilines is 3. The number of aliphatic hydroxyl groups is 1. The van der Waals surface area contributed by atoms with Crippen LogP contribution in [-0.4, -0.2) is 33.8 Å². The second-order valence-electron chi connectivity index (χ2n) is 5.90. The molecule has 23 heavy (non-hydrogen) atoms. The van der Waals surface area contributed by atoms with Gasteiger partial charge in [-0.25, -0.2) is 0 Å². The Morgan fingerprint density at radius 3 is 2.87 bits per heavy atom. The monoisotopic (exact) mass is 315 g/mol. The minimum atomic E-state index is -0.575. The molecular weight excluding hydrogens is 294 g/mol. The van der Waals surface area contributed by atoms with Gasteiger partial charge in [0.2, 0.25) is 5.95 Å². The summed E-state index contributed by atoms with van der Waals surface area (Å²) in [5.74, 6) is 0.495. The minimum absolute atomic E-state index is 0.0708. The summed E-state index contributed by atoms with van der Waals surface area (Å²) in [7, 11) is 0. The van der Waals surface area contributed by atoms with Crippen LogP contribution in [0.4, 0.5) is 17.5 Å². The van der Waals surface area contributed by atoms with E-state index < -0.39 is 6.10 Å². The number of nitrogens with one attached hydrogen (secondary N) is 3. The Morgan fingerprint density at radius 1 is 1.39 bits per heavy atom. The van der Waals surface area contributed by atoms with Crippen LogP contribution in [0.25, 0.3) is 0 Å². The van der Waals surface area contributed by atoms with Gasteiger partial charge in [-0.2, -0.15) is 4.98 Å². The average Bonchev–Trinajstić information content (AvgIpc) is 2.53. The highest BCUT2D eigenvalue weighted by molar-refractivity contribution is 5.67. The van der Waals surface area contributed by atoms with Gasteiger partial charge in [0.1, 0.15) is 5.69 Å². The number of nitrogens with zero attached hydrogens (tertiary/aromatic N) is 1. The van der Waals surface area contributed by atoms with Gasteiger partial charge < -0.3 is 21.5 Å². The lowest BCUT2D eigenvalue weighted by molar-refractivity contribution is 0.145. The number of rotatable bonds is 4. The van der Waals surface area contributed by atoms with Crippen molar-refractivity contribution in [1.29, 1.82) is 0 Å². The first-order chi connectivity index (χ1) is 11.0. The summed E-state index contributed by atoms with van der Waals surface area (Å²) in [6.07, 6.45) is 0.815. The number of aromatic nitrogens is 2. The van der Waals surface area contributed by atoms with Crippen molar-refractivity contribution in [2.24, 2.45) is 0 Å². The fourth-order valence-electron chi connectivity index (χ4n) is 2.70. The Kier molecular flexibility index (Phi) is 4.20. The molecule has 7 heteroatoms. The van der Waals surface area contributed by atoms with E-state index in [1.807, 2.05) is 6.92 Å². The van der Waals surface area contributed by atoms with Gasteiger partial charge in [-0.15, -0.1) is 0 Å². The number of H-pyrrole nitrogens is 1. The zero-order valence-corrected chi connectivity index (χ0v) is 13.0. The van der Waals surface area contributed by atoms with E-state index in [1.54, 1.807) is 0 Å². The van der Waals surface area contributed by atoms with Gasteiger partial charge in [0.15, 0.2) is 5.82 Å². The molecule has 1 aromatic carbocycles. The molecule has 0 bridgehead atoms. The molecule has 0 aliphatic carbocycles. The molecule has 0 radical (unpaired) electrons. The summed E-state index contributed by atoms with van der Waals surface area (Å²) in [6, 6.07) is 8.02. The molecule has 3 rings (SSSR count). The van der Waals surface area contributed by atoms with E-state index >= 15 is 0 Å². The smallest absolute Gasteiger partial charge is 0.277 e. The number of hydrogen-bond donors (Lipinski definition) is 5. The molecule has 7 nitrogen and oxygen atoms in total. The van der Waals surface area contributed by atoms with Crippen molar-refractivity contribution in [3.63, 3.8) is 0 Å². The summed E-state index contributed by atoms with van der Waals surface area (Å²) >= 11 is 0. The van der Waals surface area contributed by atoms with Gasteiger partial charge in [-0.05, 0) is 25.3 Å². The normalized spacial score (nSPS) is 17.7. The van der Waals surface area contributed by atoms with E-state index in [4.69, 9.17) is 5.73 Å². The van der Waals surface area contributed by atoms with Gasteiger partial charge in [0, 0.05) is 6.54 Å². The van der Waals surface area contributed by atoms with Gasteiger partial charge in [0.05, 0.1) is 12.1 Å². The lowest BCUT2D eigenvalue weighted by Crippen LogP contribution is -2.45. The summed E-state index contributed by atoms with van der Waals surface area (Å²) in [5, 5.41) is 16.5.